The van der Waals surface area contributed by atoms with E-state index in [0.29, 0.717) is 6.54 Å². The van der Waals surface area contributed by atoms with Gasteiger partial charge < -0.3 is 9.88 Å². The van der Waals surface area contributed by atoms with Crippen LogP contribution in [0.5, 0.6) is 0 Å². The van der Waals surface area contributed by atoms with Crippen LogP contribution in [0.2, 0.25) is 0 Å². The summed E-state index contributed by atoms with van der Waals surface area (Å²) in [5, 5.41) is 0. The third kappa shape index (κ3) is 3.58. The molecule has 0 aliphatic rings. The second-order valence-electron chi connectivity index (χ2n) is 5.85. The predicted molar refractivity (Wildman–Crippen MR) is 102 cm³/mol. The Labute approximate surface area is 148 Å². The summed E-state index contributed by atoms with van der Waals surface area (Å²) >= 11 is 0. The highest BCUT2D eigenvalue weighted by Gasteiger charge is 2.19. The van der Waals surface area contributed by atoms with E-state index in [2.05, 4.69) is 22.0 Å². The number of rotatable bonds is 5. The van der Waals surface area contributed by atoms with Crippen molar-refractivity contribution in [3.8, 4) is 22.5 Å². The molecule has 0 aliphatic carbocycles. The highest BCUT2D eigenvalue weighted by Crippen LogP contribution is 2.33. The van der Waals surface area contributed by atoms with Crippen molar-refractivity contribution in [2.24, 2.45) is 0 Å². The summed E-state index contributed by atoms with van der Waals surface area (Å²) in [6, 6.07) is 20.1. The van der Waals surface area contributed by atoms with Crippen LogP contribution in [0.3, 0.4) is 0 Å². The fraction of sp³-hybridized carbons (Fsp3) is 0.150. The molecule has 0 unspecified atom stereocenters. The second-order valence-corrected chi connectivity index (χ2v) is 5.85. The molecule has 1 N–H and O–H groups in total. The van der Waals surface area contributed by atoms with E-state index in [4.69, 9.17) is 0 Å². The first-order valence-corrected chi connectivity index (χ1v) is 7.66. The van der Waals surface area contributed by atoms with Gasteiger partial charge in [0, 0.05) is 17.7 Å². The molecule has 0 saturated carbocycles. The minimum absolute atomic E-state index is 0. The van der Waals surface area contributed by atoms with Crippen LogP contribution in [0.1, 0.15) is 15.9 Å². The van der Waals surface area contributed by atoms with Crippen molar-refractivity contribution in [2.75, 3.05) is 14.1 Å². The van der Waals surface area contributed by atoms with Gasteiger partial charge in [0.25, 0.3) is 0 Å². The van der Waals surface area contributed by atoms with Crippen LogP contribution < -0.4 is 0 Å². The number of H-pyrrole nitrogens is 1. The van der Waals surface area contributed by atoms with E-state index in [9.17, 15) is 4.79 Å². The lowest BCUT2D eigenvalue weighted by molar-refractivity contribution is 0.112. The molecule has 24 heavy (non-hydrogen) atoms. The zero-order valence-electron chi connectivity index (χ0n) is 13.8. The zero-order valence-corrected chi connectivity index (χ0v) is 14.6. The van der Waals surface area contributed by atoms with Crippen LogP contribution in [0.15, 0.2) is 60.7 Å². The summed E-state index contributed by atoms with van der Waals surface area (Å²) in [4.78, 5) is 17.4. The van der Waals surface area contributed by atoms with Gasteiger partial charge in [-0.05, 0) is 25.2 Å². The van der Waals surface area contributed by atoms with Crippen molar-refractivity contribution in [3.63, 3.8) is 0 Å². The Morgan fingerprint density at radius 2 is 1.38 bits per heavy atom. The predicted octanol–water partition coefficient (Wildman–Crippen LogP) is 4.64. The molecule has 0 spiro atoms. The molecule has 0 fully saturated rings. The van der Waals surface area contributed by atoms with E-state index in [1.165, 1.54) is 0 Å². The van der Waals surface area contributed by atoms with Crippen LogP contribution in [-0.2, 0) is 6.54 Å². The minimum atomic E-state index is 0. The Morgan fingerprint density at radius 3 is 1.83 bits per heavy atom. The number of halogens is 1. The van der Waals surface area contributed by atoms with Gasteiger partial charge in [-0.1, -0.05) is 60.7 Å². The molecule has 2 aromatic carbocycles. The Balaban J connectivity index is 0.00000208. The van der Waals surface area contributed by atoms with Crippen molar-refractivity contribution in [2.45, 2.75) is 6.54 Å². The standard InChI is InChI=1S/C20H20N2O.ClH/c1-22(2)13-17-18(14-23)20(16-11-7-4-8-12-16)21-19(17)15-9-5-3-6-10-15;/h3-12,14,21H,13H2,1-2H3;1H. The molecular formula is C20H21ClN2O. The average Bonchev–Trinajstić information content (AvgIpc) is 2.94. The van der Waals surface area contributed by atoms with Gasteiger partial charge in [0.15, 0.2) is 6.29 Å². The molecule has 0 radical (unpaired) electrons. The van der Waals surface area contributed by atoms with Crippen molar-refractivity contribution in [1.82, 2.24) is 9.88 Å². The van der Waals surface area contributed by atoms with E-state index in [1.54, 1.807) is 0 Å². The lowest BCUT2D eigenvalue weighted by atomic mass is 10.0. The summed E-state index contributed by atoms with van der Waals surface area (Å²) in [5.41, 5.74) is 5.79. The molecule has 0 saturated heterocycles. The third-order valence-corrected chi connectivity index (χ3v) is 3.86. The van der Waals surface area contributed by atoms with Crippen LogP contribution in [0.4, 0.5) is 0 Å². The molecule has 0 atom stereocenters. The molecule has 0 amide bonds. The van der Waals surface area contributed by atoms with Crippen molar-refractivity contribution < 1.29 is 4.79 Å². The lowest BCUT2D eigenvalue weighted by Crippen LogP contribution is -2.12. The molecule has 3 rings (SSSR count). The lowest BCUT2D eigenvalue weighted by Gasteiger charge is -2.11. The molecule has 0 bridgehead atoms. The number of hydrogen-bond donors (Lipinski definition) is 1. The smallest absolute Gasteiger partial charge is 0.152 e. The molecule has 124 valence electrons. The number of nitrogens with one attached hydrogen (secondary N) is 1. The number of aromatic nitrogens is 1. The highest BCUT2D eigenvalue weighted by atomic mass is 35.5. The van der Waals surface area contributed by atoms with Gasteiger partial charge in [-0.2, -0.15) is 0 Å². The van der Waals surface area contributed by atoms with Crippen molar-refractivity contribution in [1.29, 1.82) is 0 Å². The number of hydrogen-bond acceptors (Lipinski definition) is 2. The van der Waals surface area contributed by atoms with Crippen LogP contribution in [-0.4, -0.2) is 30.3 Å². The van der Waals surface area contributed by atoms with E-state index >= 15 is 0 Å². The molecular weight excluding hydrogens is 320 g/mol. The Morgan fingerprint density at radius 1 is 0.875 bits per heavy atom. The monoisotopic (exact) mass is 340 g/mol. The van der Waals surface area contributed by atoms with Crippen molar-refractivity contribution >= 4 is 18.7 Å². The Kier molecular flexibility index (Phi) is 5.96. The van der Waals surface area contributed by atoms with Crippen LogP contribution in [0.25, 0.3) is 22.5 Å². The van der Waals surface area contributed by atoms with Crippen LogP contribution in [0, 0.1) is 0 Å². The third-order valence-electron chi connectivity index (χ3n) is 3.86. The molecule has 3 aromatic rings. The highest BCUT2D eigenvalue weighted by molar-refractivity contribution is 5.92. The van der Waals surface area contributed by atoms with Gasteiger partial charge >= 0.3 is 0 Å². The number of aldehydes is 1. The molecule has 1 heterocycles. The number of nitrogens with zero attached hydrogens (tertiary/aromatic N) is 1. The van der Waals surface area contributed by atoms with E-state index in [1.807, 2.05) is 62.6 Å². The summed E-state index contributed by atoms with van der Waals surface area (Å²) in [5.74, 6) is 0. The van der Waals surface area contributed by atoms with E-state index in [0.717, 1.165) is 39.9 Å². The van der Waals surface area contributed by atoms with Gasteiger partial charge in [0.05, 0.1) is 11.4 Å². The largest absolute Gasteiger partial charge is 0.354 e. The second kappa shape index (κ2) is 7.95. The summed E-state index contributed by atoms with van der Waals surface area (Å²) in [6.45, 7) is 0.710. The quantitative estimate of drug-likeness (QED) is 0.686. The minimum Gasteiger partial charge on any atom is -0.354 e. The average molecular weight is 341 g/mol. The fourth-order valence-corrected chi connectivity index (χ4v) is 2.85. The molecule has 3 nitrogen and oxygen atoms in total. The topological polar surface area (TPSA) is 36.1 Å². The fourth-order valence-electron chi connectivity index (χ4n) is 2.85. The van der Waals surface area contributed by atoms with E-state index < -0.39 is 0 Å². The number of carbonyl (C=O) groups excluding carboxylic acids is 1. The summed E-state index contributed by atoms with van der Waals surface area (Å²) in [7, 11) is 4.02. The molecule has 1 aromatic heterocycles. The maximum absolute atomic E-state index is 11.8. The van der Waals surface area contributed by atoms with Gasteiger partial charge in [0.1, 0.15) is 0 Å². The first-order valence-electron chi connectivity index (χ1n) is 7.66. The zero-order chi connectivity index (χ0) is 16.2. The summed E-state index contributed by atoms with van der Waals surface area (Å²) in [6.07, 6.45) is 0.962. The number of aromatic amines is 1. The van der Waals surface area contributed by atoms with Crippen molar-refractivity contribution in [3.05, 3.63) is 71.8 Å². The van der Waals surface area contributed by atoms with Gasteiger partial charge in [-0.25, -0.2) is 0 Å². The van der Waals surface area contributed by atoms with Gasteiger partial charge in [0.2, 0.25) is 0 Å². The number of benzene rings is 2. The molecule has 4 heteroatoms. The number of carbonyl (C=O) groups is 1. The maximum Gasteiger partial charge on any atom is 0.152 e. The normalized spacial score (nSPS) is 10.5. The first-order chi connectivity index (χ1) is 11.2. The molecule has 0 aliphatic heterocycles. The van der Waals surface area contributed by atoms with Gasteiger partial charge in [-0.15, -0.1) is 12.4 Å². The summed E-state index contributed by atoms with van der Waals surface area (Å²) < 4.78 is 0. The van der Waals surface area contributed by atoms with Gasteiger partial charge in [-0.3, -0.25) is 4.79 Å². The SMILES string of the molecule is CN(C)Cc1c(-c2ccccc2)[nH]c(-c2ccccc2)c1C=O.Cl. The Bertz CT molecular complexity index is 795. The van der Waals surface area contributed by atoms with Crippen LogP contribution >= 0.6 is 12.4 Å². The maximum atomic E-state index is 11.8. The first kappa shape index (κ1) is 18.0. The Hall–Kier alpha value is -2.36. The van der Waals surface area contributed by atoms with E-state index in [-0.39, 0.29) is 12.4 Å².